The van der Waals surface area contributed by atoms with Crippen molar-refractivity contribution >= 4 is 5.97 Å². The van der Waals surface area contributed by atoms with E-state index in [1.54, 1.807) is 25.1 Å². The smallest absolute Gasteiger partial charge is 0.335 e. The molecule has 0 amide bonds. The van der Waals surface area contributed by atoms with E-state index < -0.39 is 5.97 Å². The third kappa shape index (κ3) is 7.10. The van der Waals surface area contributed by atoms with Crippen molar-refractivity contribution in [2.24, 2.45) is 0 Å². The Hall–Kier alpha value is -1.31. The van der Waals surface area contributed by atoms with E-state index in [4.69, 9.17) is 5.11 Å². The molecule has 0 atom stereocenters. The zero-order chi connectivity index (χ0) is 13.8. The van der Waals surface area contributed by atoms with E-state index in [0.29, 0.717) is 5.56 Å². The molecule has 18 heavy (non-hydrogen) atoms. The lowest BCUT2D eigenvalue weighted by atomic mass is 10.0. The van der Waals surface area contributed by atoms with Gasteiger partial charge in [0.25, 0.3) is 0 Å². The van der Waals surface area contributed by atoms with Gasteiger partial charge in [-0.1, -0.05) is 70.6 Å². The quantitative estimate of drug-likeness (QED) is 0.756. The summed E-state index contributed by atoms with van der Waals surface area (Å²) in [5.74, 6) is -0.863. The Balaban J connectivity index is 0.000000308. The number of carboxylic acids is 1. The molecule has 1 aromatic rings. The second-order valence-corrected chi connectivity index (χ2v) is 4.24. The van der Waals surface area contributed by atoms with Gasteiger partial charge >= 0.3 is 5.97 Å². The van der Waals surface area contributed by atoms with Crippen molar-refractivity contribution in [3.63, 3.8) is 0 Å². The molecule has 0 aliphatic heterocycles. The highest BCUT2D eigenvalue weighted by atomic mass is 16.4. The summed E-state index contributed by atoms with van der Waals surface area (Å²) in [4.78, 5) is 10.4. The summed E-state index contributed by atoms with van der Waals surface area (Å²) in [5, 5.41) is 8.57. The SMILES string of the molecule is C1CCCCC1.CC.Cc1ccccc1C(=O)O. The third-order valence-corrected chi connectivity index (χ3v) is 2.88. The maximum atomic E-state index is 10.4. The normalized spacial score (nSPS) is 13.5. The second-order valence-electron chi connectivity index (χ2n) is 4.24. The number of hydrogen-bond donors (Lipinski definition) is 1. The van der Waals surface area contributed by atoms with Crippen molar-refractivity contribution in [1.82, 2.24) is 0 Å². The molecule has 2 heteroatoms. The first kappa shape index (κ1) is 16.7. The van der Waals surface area contributed by atoms with Gasteiger partial charge in [-0.05, 0) is 18.6 Å². The number of rotatable bonds is 1. The van der Waals surface area contributed by atoms with Crippen molar-refractivity contribution in [2.45, 2.75) is 59.3 Å². The number of carbonyl (C=O) groups is 1. The molecule has 0 spiro atoms. The molecule has 1 fully saturated rings. The van der Waals surface area contributed by atoms with Crippen LogP contribution in [0.2, 0.25) is 0 Å². The van der Waals surface area contributed by atoms with E-state index in [-0.39, 0.29) is 0 Å². The average Bonchev–Trinajstić information content (AvgIpc) is 2.44. The first-order valence-electron chi connectivity index (χ1n) is 7.01. The van der Waals surface area contributed by atoms with Crippen LogP contribution in [0.1, 0.15) is 68.3 Å². The van der Waals surface area contributed by atoms with Crippen molar-refractivity contribution in [3.8, 4) is 0 Å². The largest absolute Gasteiger partial charge is 0.478 e. The number of aryl methyl sites for hydroxylation is 1. The maximum absolute atomic E-state index is 10.4. The fourth-order valence-electron chi connectivity index (χ4n) is 1.87. The highest BCUT2D eigenvalue weighted by molar-refractivity contribution is 5.89. The van der Waals surface area contributed by atoms with Gasteiger partial charge in [-0.25, -0.2) is 4.79 Å². The van der Waals surface area contributed by atoms with Crippen LogP contribution in [0.25, 0.3) is 0 Å². The van der Waals surface area contributed by atoms with E-state index in [9.17, 15) is 4.79 Å². The van der Waals surface area contributed by atoms with Crippen LogP contribution in [0.4, 0.5) is 0 Å². The minimum atomic E-state index is -0.863. The molecular formula is C16H26O2. The van der Waals surface area contributed by atoms with Crippen LogP contribution in [-0.4, -0.2) is 11.1 Å². The first-order chi connectivity index (χ1) is 8.72. The van der Waals surface area contributed by atoms with Crippen LogP contribution >= 0.6 is 0 Å². The molecule has 1 N–H and O–H groups in total. The summed E-state index contributed by atoms with van der Waals surface area (Å²) in [6.45, 7) is 5.78. The fraction of sp³-hybridized carbons (Fsp3) is 0.562. The molecule has 1 aliphatic rings. The zero-order valence-corrected chi connectivity index (χ0v) is 11.9. The minimum absolute atomic E-state index is 0.377. The minimum Gasteiger partial charge on any atom is -0.478 e. The molecular weight excluding hydrogens is 224 g/mol. The summed E-state index contributed by atoms with van der Waals surface area (Å²) in [7, 11) is 0. The van der Waals surface area contributed by atoms with Gasteiger partial charge in [-0.15, -0.1) is 0 Å². The van der Waals surface area contributed by atoms with E-state index in [0.717, 1.165) is 5.56 Å². The number of hydrogen-bond acceptors (Lipinski definition) is 1. The molecule has 1 aliphatic carbocycles. The summed E-state index contributed by atoms with van der Waals surface area (Å²) in [6, 6.07) is 6.92. The Morgan fingerprint density at radius 1 is 0.944 bits per heavy atom. The molecule has 1 saturated carbocycles. The van der Waals surface area contributed by atoms with Crippen molar-refractivity contribution in [1.29, 1.82) is 0 Å². The lowest BCUT2D eigenvalue weighted by Crippen LogP contribution is -1.97. The highest BCUT2D eigenvalue weighted by Crippen LogP contribution is 2.15. The Morgan fingerprint density at radius 2 is 1.33 bits per heavy atom. The Bertz CT molecular complexity index is 316. The summed E-state index contributed by atoms with van der Waals surface area (Å²) < 4.78 is 0. The number of carboxylic acid groups (broad SMARTS) is 1. The van der Waals surface area contributed by atoms with Gasteiger partial charge in [0.1, 0.15) is 0 Å². The van der Waals surface area contributed by atoms with Gasteiger partial charge in [0.2, 0.25) is 0 Å². The van der Waals surface area contributed by atoms with E-state index in [1.807, 2.05) is 19.9 Å². The van der Waals surface area contributed by atoms with Gasteiger partial charge in [0, 0.05) is 0 Å². The van der Waals surface area contributed by atoms with Crippen LogP contribution in [0.15, 0.2) is 24.3 Å². The Morgan fingerprint density at radius 3 is 1.61 bits per heavy atom. The van der Waals surface area contributed by atoms with Crippen LogP contribution in [0, 0.1) is 6.92 Å². The monoisotopic (exact) mass is 250 g/mol. The lowest BCUT2D eigenvalue weighted by Gasteiger charge is -2.05. The standard InChI is InChI=1S/C8H8O2.C6H12.C2H6/c1-6-4-2-3-5-7(6)8(9)10;1-2-4-6-5-3-1;1-2/h2-5H,1H3,(H,9,10);1-6H2;1-2H3. The van der Waals surface area contributed by atoms with E-state index in [1.165, 1.54) is 38.5 Å². The Kier molecular flexibility index (Phi) is 10.0. The second kappa shape index (κ2) is 10.8. The van der Waals surface area contributed by atoms with Crippen LogP contribution in [0.5, 0.6) is 0 Å². The van der Waals surface area contributed by atoms with Gasteiger partial charge in [-0.3, -0.25) is 0 Å². The number of benzene rings is 1. The first-order valence-corrected chi connectivity index (χ1v) is 7.01. The molecule has 102 valence electrons. The predicted molar refractivity (Wildman–Crippen MR) is 77.2 cm³/mol. The van der Waals surface area contributed by atoms with Crippen LogP contribution in [-0.2, 0) is 0 Å². The van der Waals surface area contributed by atoms with Gasteiger partial charge in [0.05, 0.1) is 5.56 Å². The molecule has 0 saturated heterocycles. The van der Waals surface area contributed by atoms with Gasteiger partial charge in [-0.2, -0.15) is 0 Å². The predicted octanol–water partition coefficient (Wildman–Crippen LogP) is 5.06. The number of aromatic carboxylic acids is 1. The Labute approximate surface area is 111 Å². The highest BCUT2D eigenvalue weighted by Gasteiger charge is 2.02. The summed E-state index contributed by atoms with van der Waals surface area (Å²) in [5.41, 5.74) is 1.18. The van der Waals surface area contributed by atoms with E-state index >= 15 is 0 Å². The fourth-order valence-corrected chi connectivity index (χ4v) is 1.87. The molecule has 0 aromatic heterocycles. The molecule has 2 nitrogen and oxygen atoms in total. The topological polar surface area (TPSA) is 37.3 Å². The van der Waals surface area contributed by atoms with Crippen LogP contribution < -0.4 is 0 Å². The van der Waals surface area contributed by atoms with E-state index in [2.05, 4.69) is 0 Å². The lowest BCUT2D eigenvalue weighted by molar-refractivity contribution is 0.0696. The van der Waals surface area contributed by atoms with Crippen molar-refractivity contribution in [3.05, 3.63) is 35.4 Å². The van der Waals surface area contributed by atoms with Gasteiger partial charge in [0.15, 0.2) is 0 Å². The molecule has 0 bridgehead atoms. The molecule has 1 aromatic carbocycles. The van der Waals surface area contributed by atoms with Crippen molar-refractivity contribution < 1.29 is 9.90 Å². The third-order valence-electron chi connectivity index (χ3n) is 2.88. The molecule has 2 rings (SSSR count). The molecule has 0 unspecified atom stereocenters. The summed E-state index contributed by atoms with van der Waals surface area (Å²) in [6.07, 6.45) is 9.00. The average molecular weight is 250 g/mol. The summed E-state index contributed by atoms with van der Waals surface area (Å²) >= 11 is 0. The zero-order valence-electron chi connectivity index (χ0n) is 11.9. The van der Waals surface area contributed by atoms with Crippen molar-refractivity contribution in [2.75, 3.05) is 0 Å². The maximum Gasteiger partial charge on any atom is 0.335 e. The van der Waals surface area contributed by atoms with Gasteiger partial charge < -0.3 is 5.11 Å². The van der Waals surface area contributed by atoms with Crippen LogP contribution in [0.3, 0.4) is 0 Å². The molecule has 0 radical (unpaired) electrons. The molecule has 0 heterocycles.